The largest absolute Gasteiger partial charge is 0.452 e. The third kappa shape index (κ3) is 5.77. The molecule has 0 bridgehead atoms. The molecule has 0 atom stereocenters. The van der Waals surface area contributed by atoms with Crippen LogP contribution in [0, 0.1) is 0 Å². The average Bonchev–Trinajstić information content (AvgIpc) is 2.83. The van der Waals surface area contributed by atoms with Gasteiger partial charge >= 0.3 is 12.1 Å². The number of nitrogens with zero attached hydrogens (tertiary/aromatic N) is 2. The van der Waals surface area contributed by atoms with Crippen molar-refractivity contribution >= 4 is 23.7 Å². The van der Waals surface area contributed by atoms with Crippen molar-refractivity contribution in [3.05, 3.63) is 29.8 Å². The highest BCUT2D eigenvalue weighted by Gasteiger charge is 2.33. The van der Waals surface area contributed by atoms with Gasteiger partial charge in [-0.2, -0.15) is 0 Å². The first-order chi connectivity index (χ1) is 15.0. The van der Waals surface area contributed by atoms with Crippen LogP contribution in [0.3, 0.4) is 0 Å². The SMILES string of the molecule is COC(=O)N(C)c1ccccc1C(=O)OCC(=O)N(C1CCCCC1)C1CCCCC1. The molecule has 0 unspecified atom stereocenters. The number of hydrogen-bond donors (Lipinski definition) is 0. The molecule has 0 spiro atoms. The molecule has 31 heavy (non-hydrogen) atoms. The Morgan fingerprint density at radius 1 is 0.903 bits per heavy atom. The molecule has 2 fully saturated rings. The number of carbonyl (C=O) groups excluding carboxylic acids is 3. The van der Waals surface area contributed by atoms with Crippen molar-refractivity contribution in [2.24, 2.45) is 0 Å². The van der Waals surface area contributed by atoms with E-state index in [4.69, 9.17) is 9.47 Å². The Morgan fingerprint density at radius 3 is 2.00 bits per heavy atom. The number of methoxy groups -OCH3 is 1. The average molecular weight is 431 g/mol. The molecule has 7 nitrogen and oxygen atoms in total. The molecule has 2 amide bonds. The Labute approximate surface area is 184 Å². The summed E-state index contributed by atoms with van der Waals surface area (Å²) in [5.41, 5.74) is 0.605. The van der Waals surface area contributed by atoms with Gasteiger partial charge in [0.25, 0.3) is 5.91 Å². The normalized spacial score (nSPS) is 17.6. The van der Waals surface area contributed by atoms with E-state index >= 15 is 0 Å². The molecule has 0 saturated heterocycles. The summed E-state index contributed by atoms with van der Waals surface area (Å²) in [7, 11) is 2.81. The van der Waals surface area contributed by atoms with E-state index in [0.717, 1.165) is 51.4 Å². The Balaban J connectivity index is 1.69. The van der Waals surface area contributed by atoms with E-state index in [2.05, 4.69) is 0 Å². The smallest absolute Gasteiger partial charge is 0.413 e. The molecule has 0 radical (unpaired) electrons. The van der Waals surface area contributed by atoms with Crippen LogP contribution in [0.2, 0.25) is 0 Å². The molecule has 0 heterocycles. The highest BCUT2D eigenvalue weighted by Crippen LogP contribution is 2.30. The van der Waals surface area contributed by atoms with Gasteiger partial charge < -0.3 is 14.4 Å². The number of anilines is 1. The number of hydrogen-bond acceptors (Lipinski definition) is 5. The van der Waals surface area contributed by atoms with Crippen molar-refractivity contribution in [3.8, 4) is 0 Å². The summed E-state index contributed by atoms with van der Waals surface area (Å²) in [5.74, 6) is -0.724. The molecule has 2 aliphatic carbocycles. The fourth-order valence-electron chi connectivity index (χ4n) is 4.88. The summed E-state index contributed by atoms with van der Waals surface area (Å²) in [4.78, 5) is 41.2. The van der Waals surface area contributed by atoms with Gasteiger partial charge in [-0.15, -0.1) is 0 Å². The van der Waals surface area contributed by atoms with Crippen LogP contribution in [-0.2, 0) is 14.3 Å². The fourth-order valence-corrected chi connectivity index (χ4v) is 4.88. The number of amides is 2. The van der Waals surface area contributed by atoms with Crippen molar-refractivity contribution in [2.45, 2.75) is 76.3 Å². The molecule has 0 aliphatic heterocycles. The van der Waals surface area contributed by atoms with E-state index in [1.54, 1.807) is 24.3 Å². The van der Waals surface area contributed by atoms with Crippen LogP contribution in [0.5, 0.6) is 0 Å². The molecule has 0 N–H and O–H groups in total. The van der Waals surface area contributed by atoms with Crippen LogP contribution in [0.1, 0.15) is 74.6 Å². The Bertz CT molecular complexity index is 751. The van der Waals surface area contributed by atoms with Crippen molar-refractivity contribution in [1.82, 2.24) is 4.90 Å². The number of esters is 1. The molecule has 7 heteroatoms. The summed E-state index contributed by atoms with van der Waals surface area (Å²) in [6.45, 7) is -0.276. The van der Waals surface area contributed by atoms with Crippen LogP contribution < -0.4 is 4.90 Å². The van der Waals surface area contributed by atoms with E-state index in [-0.39, 0.29) is 30.2 Å². The number of carbonyl (C=O) groups is 3. The van der Waals surface area contributed by atoms with Gasteiger partial charge in [0.05, 0.1) is 18.4 Å². The lowest BCUT2D eigenvalue weighted by atomic mass is 9.88. The Hall–Kier alpha value is -2.57. The zero-order chi connectivity index (χ0) is 22.2. The van der Waals surface area contributed by atoms with Crippen LogP contribution in [-0.4, -0.2) is 55.7 Å². The van der Waals surface area contributed by atoms with E-state index in [0.29, 0.717) is 5.69 Å². The van der Waals surface area contributed by atoms with Crippen molar-refractivity contribution in [3.63, 3.8) is 0 Å². The topological polar surface area (TPSA) is 76.1 Å². The second-order valence-corrected chi connectivity index (χ2v) is 8.51. The minimum Gasteiger partial charge on any atom is -0.452 e. The maximum Gasteiger partial charge on any atom is 0.413 e. The zero-order valence-corrected chi connectivity index (χ0v) is 18.7. The van der Waals surface area contributed by atoms with Crippen molar-refractivity contribution in [2.75, 3.05) is 25.7 Å². The van der Waals surface area contributed by atoms with Gasteiger partial charge in [-0.05, 0) is 37.8 Å². The van der Waals surface area contributed by atoms with Gasteiger partial charge in [-0.3, -0.25) is 9.69 Å². The molecule has 2 aliphatic rings. The molecular weight excluding hydrogens is 396 g/mol. The van der Waals surface area contributed by atoms with E-state index < -0.39 is 12.1 Å². The summed E-state index contributed by atoms with van der Waals surface area (Å²) < 4.78 is 10.2. The minimum absolute atomic E-state index is 0.106. The number of rotatable bonds is 6. The Morgan fingerprint density at radius 2 is 1.45 bits per heavy atom. The molecule has 2 saturated carbocycles. The highest BCUT2D eigenvalue weighted by molar-refractivity contribution is 6.01. The Kier molecular flexibility index (Phi) is 8.32. The summed E-state index contributed by atoms with van der Waals surface area (Å²) in [6.07, 6.45) is 10.6. The second-order valence-electron chi connectivity index (χ2n) is 8.51. The second kappa shape index (κ2) is 11.2. The third-order valence-corrected chi connectivity index (χ3v) is 6.48. The first-order valence-electron chi connectivity index (χ1n) is 11.4. The van der Waals surface area contributed by atoms with Gasteiger partial charge in [0.1, 0.15) is 0 Å². The summed E-state index contributed by atoms with van der Waals surface area (Å²) >= 11 is 0. The standard InChI is InChI=1S/C24H34N2O5/c1-25(24(29)30-2)21-16-10-9-15-20(21)23(28)31-17-22(27)26(18-11-5-3-6-12-18)19-13-7-4-8-14-19/h9-10,15-16,18-19H,3-8,11-14,17H2,1-2H3. The van der Waals surface area contributed by atoms with Crippen LogP contribution in [0.4, 0.5) is 10.5 Å². The van der Waals surface area contributed by atoms with Gasteiger partial charge in [0, 0.05) is 19.1 Å². The van der Waals surface area contributed by atoms with Gasteiger partial charge in [0.15, 0.2) is 6.61 Å². The molecular formula is C24H34N2O5. The maximum atomic E-state index is 13.2. The predicted octanol–water partition coefficient (Wildman–Crippen LogP) is 4.54. The van der Waals surface area contributed by atoms with Crippen molar-refractivity contribution in [1.29, 1.82) is 0 Å². The van der Waals surface area contributed by atoms with Crippen molar-refractivity contribution < 1.29 is 23.9 Å². The van der Waals surface area contributed by atoms with E-state index in [9.17, 15) is 14.4 Å². The zero-order valence-electron chi connectivity index (χ0n) is 18.7. The minimum atomic E-state index is -0.619. The van der Waals surface area contributed by atoms with E-state index in [1.807, 2.05) is 4.90 Å². The van der Waals surface area contributed by atoms with Crippen LogP contribution >= 0.6 is 0 Å². The maximum absolute atomic E-state index is 13.2. The van der Waals surface area contributed by atoms with Gasteiger partial charge in [-0.25, -0.2) is 9.59 Å². The lowest BCUT2D eigenvalue weighted by Crippen LogP contribution is -2.50. The fraction of sp³-hybridized carbons (Fsp3) is 0.625. The van der Waals surface area contributed by atoms with Crippen LogP contribution in [0.25, 0.3) is 0 Å². The van der Waals surface area contributed by atoms with Crippen LogP contribution in [0.15, 0.2) is 24.3 Å². The molecule has 0 aromatic heterocycles. The monoisotopic (exact) mass is 430 g/mol. The molecule has 1 aromatic carbocycles. The first-order valence-corrected chi connectivity index (χ1v) is 11.4. The molecule has 170 valence electrons. The third-order valence-electron chi connectivity index (χ3n) is 6.48. The number of ether oxygens (including phenoxy) is 2. The number of benzene rings is 1. The summed E-state index contributed by atoms with van der Waals surface area (Å²) in [5, 5.41) is 0. The molecule has 1 aromatic rings. The van der Waals surface area contributed by atoms with Gasteiger partial charge in [-0.1, -0.05) is 50.7 Å². The predicted molar refractivity (Wildman–Crippen MR) is 118 cm³/mol. The lowest BCUT2D eigenvalue weighted by molar-refractivity contribution is -0.141. The van der Waals surface area contributed by atoms with Gasteiger partial charge in [0.2, 0.25) is 0 Å². The molecule has 3 rings (SSSR count). The quantitative estimate of drug-likeness (QED) is 0.619. The highest BCUT2D eigenvalue weighted by atomic mass is 16.5. The number of para-hydroxylation sites is 1. The van der Waals surface area contributed by atoms with E-state index in [1.165, 1.54) is 31.9 Å². The lowest BCUT2D eigenvalue weighted by Gasteiger charge is -2.41. The summed E-state index contributed by atoms with van der Waals surface area (Å²) in [6, 6.07) is 7.16. The first kappa shape index (κ1) is 23.1.